The number of para-hydroxylation sites is 2. The second-order valence-electron chi connectivity index (χ2n) is 9.95. The van der Waals surface area contributed by atoms with Crippen LogP contribution in [0.3, 0.4) is 0 Å². The number of fused-ring (bicyclic) bond motifs is 1. The fraction of sp³-hybridized carbons (Fsp3) is 0.212. The summed E-state index contributed by atoms with van der Waals surface area (Å²) >= 11 is 6.25. The zero-order chi connectivity index (χ0) is 26.1. The van der Waals surface area contributed by atoms with Crippen LogP contribution in [0.15, 0.2) is 91.0 Å². The number of piperazine rings is 1. The molecule has 4 aromatic carbocycles. The Kier molecular flexibility index (Phi) is 6.84. The van der Waals surface area contributed by atoms with Crippen LogP contribution < -0.4 is 9.64 Å². The lowest BCUT2D eigenvalue weighted by molar-refractivity contribution is 0.249. The number of aromatic nitrogens is 1. The number of anilines is 1. The molecule has 192 valence electrons. The van der Waals surface area contributed by atoms with E-state index in [0.29, 0.717) is 0 Å². The smallest absolute Gasteiger partial charge is 0.142 e. The van der Waals surface area contributed by atoms with Gasteiger partial charge in [-0.05, 0) is 58.7 Å². The average Bonchev–Trinajstić information content (AvgIpc) is 3.28. The molecule has 2 heterocycles. The van der Waals surface area contributed by atoms with E-state index >= 15 is 0 Å². The molecule has 1 N–H and O–H groups in total. The summed E-state index contributed by atoms with van der Waals surface area (Å²) in [5.41, 5.74) is 8.59. The molecule has 0 radical (unpaired) electrons. The van der Waals surface area contributed by atoms with Crippen LogP contribution >= 0.6 is 11.6 Å². The molecule has 5 heteroatoms. The quantitative estimate of drug-likeness (QED) is 0.247. The maximum Gasteiger partial charge on any atom is 0.142 e. The Morgan fingerprint density at radius 1 is 0.816 bits per heavy atom. The average molecular weight is 522 g/mol. The lowest BCUT2D eigenvalue weighted by Crippen LogP contribution is -2.46. The van der Waals surface area contributed by atoms with Gasteiger partial charge < -0.3 is 14.6 Å². The summed E-state index contributed by atoms with van der Waals surface area (Å²) in [4.78, 5) is 8.76. The van der Waals surface area contributed by atoms with Gasteiger partial charge in [0.25, 0.3) is 0 Å². The van der Waals surface area contributed by atoms with Crippen molar-refractivity contribution in [3.05, 3.63) is 107 Å². The molecule has 1 aliphatic heterocycles. The number of nitrogens with zero attached hydrogens (tertiary/aromatic N) is 2. The van der Waals surface area contributed by atoms with Crippen LogP contribution in [0.5, 0.6) is 5.75 Å². The Morgan fingerprint density at radius 3 is 2.32 bits per heavy atom. The first-order valence-corrected chi connectivity index (χ1v) is 13.6. The SMILES string of the molecule is COc1ccccc1N1CCN(Cc2c(C)[nH]c(-c3ccc(Cl)cc3)c2-c2cccc3ccccc23)CC1. The number of rotatable bonds is 6. The van der Waals surface area contributed by atoms with Crippen molar-refractivity contribution in [1.29, 1.82) is 0 Å². The highest BCUT2D eigenvalue weighted by atomic mass is 35.5. The van der Waals surface area contributed by atoms with Gasteiger partial charge in [0.1, 0.15) is 5.75 Å². The van der Waals surface area contributed by atoms with Crippen LogP contribution in [0.1, 0.15) is 11.3 Å². The van der Waals surface area contributed by atoms with Crippen LogP contribution in [0.25, 0.3) is 33.2 Å². The van der Waals surface area contributed by atoms with E-state index in [1.165, 1.54) is 38.8 Å². The van der Waals surface area contributed by atoms with E-state index < -0.39 is 0 Å². The summed E-state index contributed by atoms with van der Waals surface area (Å²) in [5.74, 6) is 0.938. The molecule has 4 nitrogen and oxygen atoms in total. The molecule has 0 amide bonds. The molecule has 0 spiro atoms. The van der Waals surface area contributed by atoms with E-state index in [4.69, 9.17) is 16.3 Å². The summed E-state index contributed by atoms with van der Waals surface area (Å²) in [6, 6.07) is 31.7. The van der Waals surface area contributed by atoms with Crippen molar-refractivity contribution < 1.29 is 4.74 Å². The summed E-state index contributed by atoms with van der Waals surface area (Å²) in [5, 5.41) is 3.27. The maximum absolute atomic E-state index is 6.25. The van der Waals surface area contributed by atoms with Crippen molar-refractivity contribution in [2.45, 2.75) is 13.5 Å². The van der Waals surface area contributed by atoms with Gasteiger partial charge in [-0.2, -0.15) is 0 Å². The molecule has 5 aromatic rings. The molecule has 0 saturated carbocycles. The topological polar surface area (TPSA) is 31.5 Å². The monoisotopic (exact) mass is 521 g/mol. The van der Waals surface area contributed by atoms with Crippen LogP contribution in [-0.2, 0) is 6.54 Å². The maximum atomic E-state index is 6.25. The van der Waals surface area contributed by atoms with E-state index in [9.17, 15) is 0 Å². The number of aromatic amines is 1. The van der Waals surface area contributed by atoms with E-state index in [1.54, 1.807) is 7.11 Å². The number of hydrogen-bond donors (Lipinski definition) is 1. The minimum atomic E-state index is 0.747. The number of aryl methyl sites for hydroxylation is 1. The fourth-order valence-electron chi connectivity index (χ4n) is 5.70. The Bertz CT molecular complexity index is 1560. The number of benzene rings is 4. The highest BCUT2D eigenvalue weighted by Crippen LogP contribution is 2.41. The van der Waals surface area contributed by atoms with Crippen molar-refractivity contribution in [1.82, 2.24) is 9.88 Å². The van der Waals surface area contributed by atoms with E-state index in [1.807, 2.05) is 24.3 Å². The molecule has 1 fully saturated rings. The lowest BCUT2D eigenvalue weighted by Gasteiger charge is -2.36. The molecule has 0 bridgehead atoms. The predicted octanol–water partition coefficient (Wildman–Crippen LogP) is 7.79. The van der Waals surface area contributed by atoms with E-state index in [2.05, 4.69) is 88.4 Å². The van der Waals surface area contributed by atoms with Gasteiger partial charge in [-0.15, -0.1) is 0 Å². The highest BCUT2D eigenvalue weighted by Gasteiger charge is 2.24. The number of hydrogen-bond acceptors (Lipinski definition) is 3. The summed E-state index contributed by atoms with van der Waals surface area (Å²) in [6.07, 6.45) is 0. The van der Waals surface area contributed by atoms with Crippen LogP contribution in [-0.4, -0.2) is 43.2 Å². The largest absolute Gasteiger partial charge is 0.495 e. The molecule has 6 rings (SSSR count). The first-order chi connectivity index (χ1) is 18.6. The van der Waals surface area contributed by atoms with Crippen LogP contribution in [0.4, 0.5) is 5.69 Å². The minimum Gasteiger partial charge on any atom is -0.495 e. The first-order valence-electron chi connectivity index (χ1n) is 13.2. The van der Waals surface area contributed by atoms with E-state index in [-0.39, 0.29) is 0 Å². The molecule has 1 saturated heterocycles. The third-order valence-electron chi connectivity index (χ3n) is 7.69. The van der Waals surface area contributed by atoms with Crippen LogP contribution in [0.2, 0.25) is 5.02 Å². The van der Waals surface area contributed by atoms with Gasteiger partial charge in [-0.25, -0.2) is 0 Å². The molecule has 38 heavy (non-hydrogen) atoms. The Labute approximate surface area is 229 Å². The zero-order valence-corrected chi connectivity index (χ0v) is 22.6. The molecule has 0 atom stereocenters. The number of nitrogens with one attached hydrogen (secondary N) is 1. The summed E-state index contributed by atoms with van der Waals surface area (Å²) in [6.45, 7) is 7.03. The summed E-state index contributed by atoms with van der Waals surface area (Å²) in [7, 11) is 1.75. The zero-order valence-electron chi connectivity index (χ0n) is 21.9. The normalized spacial score (nSPS) is 14.2. The molecular formula is C33H32ClN3O. The van der Waals surface area contributed by atoms with Crippen molar-refractivity contribution in [2.75, 3.05) is 38.2 Å². The first kappa shape index (κ1) is 24.6. The van der Waals surface area contributed by atoms with Gasteiger partial charge >= 0.3 is 0 Å². The predicted molar refractivity (Wildman–Crippen MR) is 159 cm³/mol. The van der Waals surface area contributed by atoms with Crippen molar-refractivity contribution in [3.63, 3.8) is 0 Å². The Balaban J connectivity index is 1.36. The molecular weight excluding hydrogens is 490 g/mol. The Morgan fingerprint density at radius 2 is 1.53 bits per heavy atom. The minimum absolute atomic E-state index is 0.747. The van der Waals surface area contributed by atoms with Gasteiger partial charge in [0, 0.05) is 49.0 Å². The number of H-pyrrole nitrogens is 1. The van der Waals surface area contributed by atoms with Gasteiger partial charge in [0.15, 0.2) is 0 Å². The standard InChI is InChI=1S/C33H32ClN3O/c1-23-29(22-36-18-20-37(21-19-36)30-12-5-6-13-31(30)38-2)32(33(35-23)25-14-16-26(34)17-15-25)28-11-7-9-24-8-3-4-10-27(24)28/h3-17,35H,18-22H2,1-2H3. The second-order valence-corrected chi connectivity index (χ2v) is 10.4. The van der Waals surface area contributed by atoms with Gasteiger partial charge in [0.05, 0.1) is 18.5 Å². The van der Waals surface area contributed by atoms with Crippen molar-refractivity contribution in [2.24, 2.45) is 0 Å². The van der Waals surface area contributed by atoms with Crippen molar-refractivity contribution in [3.8, 4) is 28.1 Å². The lowest BCUT2D eigenvalue weighted by atomic mass is 9.92. The molecule has 0 aliphatic carbocycles. The Hall–Kier alpha value is -3.73. The van der Waals surface area contributed by atoms with E-state index in [0.717, 1.165) is 54.8 Å². The number of halogens is 1. The molecule has 0 unspecified atom stereocenters. The summed E-state index contributed by atoms with van der Waals surface area (Å²) < 4.78 is 5.62. The number of methoxy groups -OCH3 is 1. The van der Waals surface area contributed by atoms with Gasteiger partial charge in [-0.3, -0.25) is 4.90 Å². The molecule has 1 aliphatic rings. The van der Waals surface area contributed by atoms with Gasteiger partial charge in [0.2, 0.25) is 0 Å². The third kappa shape index (κ3) is 4.66. The fourth-order valence-corrected chi connectivity index (χ4v) is 5.82. The van der Waals surface area contributed by atoms with Crippen LogP contribution in [0, 0.1) is 6.92 Å². The van der Waals surface area contributed by atoms with Crippen molar-refractivity contribution >= 4 is 28.1 Å². The third-order valence-corrected chi connectivity index (χ3v) is 7.94. The highest BCUT2D eigenvalue weighted by molar-refractivity contribution is 6.30. The number of ether oxygens (including phenoxy) is 1. The molecule has 1 aromatic heterocycles. The second kappa shape index (κ2) is 10.6. The van der Waals surface area contributed by atoms with Gasteiger partial charge in [-0.1, -0.05) is 78.3 Å².